The Morgan fingerprint density at radius 2 is 2.53 bits per heavy atom. The molecule has 0 aliphatic heterocycles. The van der Waals surface area contributed by atoms with E-state index in [9.17, 15) is 4.79 Å². The molecule has 2 rings (SSSR count). The molecule has 1 atom stereocenters. The third-order valence-electron chi connectivity index (χ3n) is 2.33. The lowest BCUT2D eigenvalue weighted by atomic mass is 10.2. The number of nitrogens with zero attached hydrogens (tertiary/aromatic N) is 1. The van der Waals surface area contributed by atoms with Gasteiger partial charge in [0.15, 0.2) is 11.5 Å². The second kappa shape index (κ2) is 5.11. The predicted octanol–water partition coefficient (Wildman–Crippen LogP) is 2.29. The van der Waals surface area contributed by atoms with Gasteiger partial charge in [-0.25, -0.2) is 4.79 Å². The van der Waals surface area contributed by atoms with Gasteiger partial charge < -0.3 is 14.9 Å². The zero-order chi connectivity index (χ0) is 12.3. The zero-order valence-corrected chi connectivity index (χ0v) is 10.0. The van der Waals surface area contributed by atoms with E-state index in [1.165, 1.54) is 10.9 Å². The fourth-order valence-electron chi connectivity index (χ4n) is 1.39. The van der Waals surface area contributed by atoms with Crippen LogP contribution in [-0.4, -0.2) is 16.2 Å². The first kappa shape index (κ1) is 11.8. The molecular weight excluding hydrogens is 240 g/mol. The smallest absolute Gasteiger partial charge is 0.358 e. The van der Waals surface area contributed by atoms with E-state index in [1.54, 1.807) is 11.3 Å². The lowest BCUT2D eigenvalue weighted by Crippen LogP contribution is -2.16. The molecular formula is C11H12N2O3S. The van der Waals surface area contributed by atoms with E-state index in [0.717, 1.165) is 0 Å². The number of carbonyl (C=O) groups is 1. The van der Waals surface area contributed by atoms with E-state index in [1.807, 2.05) is 24.4 Å². The Morgan fingerprint density at radius 3 is 3.12 bits per heavy atom. The average molecular weight is 252 g/mol. The molecule has 0 aliphatic carbocycles. The third kappa shape index (κ3) is 2.92. The summed E-state index contributed by atoms with van der Waals surface area (Å²) in [6, 6.07) is 5.67. The summed E-state index contributed by atoms with van der Waals surface area (Å²) in [5.74, 6) is -0.558. The standard InChI is InChI=1S/C11H12N2O3S/c1-7(10-3-2-4-17-10)12-6-8-5-9(11(14)15)13-16-8/h2-5,7,12H,6H2,1H3,(H,14,15)/t7-/m1/s1. The third-order valence-corrected chi connectivity index (χ3v) is 3.39. The average Bonchev–Trinajstić information content (AvgIpc) is 2.97. The van der Waals surface area contributed by atoms with Crippen LogP contribution in [0.4, 0.5) is 0 Å². The van der Waals surface area contributed by atoms with Gasteiger partial charge in [0, 0.05) is 17.0 Å². The van der Waals surface area contributed by atoms with Crippen molar-refractivity contribution in [3.63, 3.8) is 0 Å². The molecule has 2 heterocycles. The molecule has 2 N–H and O–H groups in total. The van der Waals surface area contributed by atoms with Gasteiger partial charge in [0.05, 0.1) is 6.54 Å². The Balaban J connectivity index is 1.91. The number of rotatable bonds is 5. The SMILES string of the molecule is C[C@@H](NCc1cc(C(=O)O)no1)c1cccs1. The van der Waals surface area contributed by atoms with Crippen molar-refractivity contribution in [2.75, 3.05) is 0 Å². The van der Waals surface area contributed by atoms with Crippen molar-refractivity contribution in [3.05, 3.63) is 39.9 Å². The first-order chi connectivity index (χ1) is 8.16. The van der Waals surface area contributed by atoms with Crippen molar-refractivity contribution in [1.82, 2.24) is 10.5 Å². The summed E-state index contributed by atoms with van der Waals surface area (Å²) in [6.45, 7) is 2.50. The van der Waals surface area contributed by atoms with E-state index in [-0.39, 0.29) is 11.7 Å². The fourth-order valence-corrected chi connectivity index (χ4v) is 2.15. The van der Waals surface area contributed by atoms with E-state index < -0.39 is 5.97 Å². The van der Waals surface area contributed by atoms with Crippen LogP contribution >= 0.6 is 11.3 Å². The van der Waals surface area contributed by atoms with Crippen LogP contribution in [-0.2, 0) is 6.54 Å². The van der Waals surface area contributed by atoms with Gasteiger partial charge >= 0.3 is 5.97 Å². The van der Waals surface area contributed by atoms with Crippen molar-refractivity contribution >= 4 is 17.3 Å². The Kier molecular flexibility index (Phi) is 3.55. The number of aromatic carboxylic acids is 1. The molecule has 0 aliphatic rings. The minimum absolute atomic E-state index is 0.0643. The number of thiophene rings is 1. The van der Waals surface area contributed by atoms with Gasteiger partial charge in [0.25, 0.3) is 0 Å². The summed E-state index contributed by atoms with van der Waals surface area (Å²) in [5, 5.41) is 17.4. The molecule has 0 saturated carbocycles. The van der Waals surface area contributed by atoms with Crippen LogP contribution in [0.15, 0.2) is 28.1 Å². The quantitative estimate of drug-likeness (QED) is 0.853. The number of nitrogens with one attached hydrogen (secondary N) is 1. The summed E-state index contributed by atoms with van der Waals surface area (Å²) in [7, 11) is 0. The van der Waals surface area contributed by atoms with Crippen LogP contribution in [0, 0.1) is 0 Å². The maximum Gasteiger partial charge on any atom is 0.358 e. The molecule has 0 saturated heterocycles. The highest BCUT2D eigenvalue weighted by atomic mass is 32.1. The molecule has 2 aromatic heterocycles. The highest BCUT2D eigenvalue weighted by Crippen LogP contribution is 2.18. The van der Waals surface area contributed by atoms with Crippen molar-refractivity contribution in [3.8, 4) is 0 Å². The van der Waals surface area contributed by atoms with Crippen LogP contribution in [0.2, 0.25) is 0 Å². The maximum absolute atomic E-state index is 10.6. The number of carboxylic acids is 1. The number of hydrogen-bond acceptors (Lipinski definition) is 5. The van der Waals surface area contributed by atoms with E-state index in [4.69, 9.17) is 9.63 Å². The predicted molar refractivity (Wildman–Crippen MR) is 63.0 cm³/mol. The van der Waals surface area contributed by atoms with E-state index in [0.29, 0.717) is 12.3 Å². The summed E-state index contributed by atoms with van der Waals surface area (Å²) >= 11 is 1.67. The molecule has 0 bridgehead atoms. The van der Waals surface area contributed by atoms with Crippen molar-refractivity contribution < 1.29 is 14.4 Å². The van der Waals surface area contributed by atoms with Crippen molar-refractivity contribution in [1.29, 1.82) is 0 Å². The van der Waals surface area contributed by atoms with E-state index >= 15 is 0 Å². The van der Waals surface area contributed by atoms with Gasteiger partial charge in [-0.1, -0.05) is 11.2 Å². The molecule has 0 radical (unpaired) electrons. The lowest BCUT2D eigenvalue weighted by Gasteiger charge is -2.09. The molecule has 6 heteroatoms. The number of aromatic nitrogens is 1. The summed E-state index contributed by atoms with van der Waals surface area (Å²) < 4.78 is 4.90. The maximum atomic E-state index is 10.6. The van der Waals surface area contributed by atoms with Crippen LogP contribution in [0.25, 0.3) is 0 Å². The van der Waals surface area contributed by atoms with Crippen molar-refractivity contribution in [2.45, 2.75) is 19.5 Å². The lowest BCUT2D eigenvalue weighted by molar-refractivity contribution is 0.0685. The number of hydrogen-bond donors (Lipinski definition) is 2. The molecule has 90 valence electrons. The molecule has 2 aromatic rings. The molecule has 17 heavy (non-hydrogen) atoms. The molecule has 0 aromatic carbocycles. The first-order valence-corrected chi connectivity index (χ1v) is 6.00. The van der Waals surface area contributed by atoms with Crippen LogP contribution in [0.5, 0.6) is 0 Å². The van der Waals surface area contributed by atoms with Crippen LogP contribution in [0.1, 0.15) is 34.1 Å². The van der Waals surface area contributed by atoms with Gasteiger partial charge in [-0.05, 0) is 18.4 Å². The van der Waals surface area contributed by atoms with Gasteiger partial charge in [-0.2, -0.15) is 0 Å². The van der Waals surface area contributed by atoms with Crippen molar-refractivity contribution in [2.24, 2.45) is 0 Å². The highest BCUT2D eigenvalue weighted by molar-refractivity contribution is 7.10. The van der Waals surface area contributed by atoms with Crippen LogP contribution < -0.4 is 5.32 Å². The van der Waals surface area contributed by atoms with Crippen LogP contribution in [0.3, 0.4) is 0 Å². The summed E-state index contributed by atoms with van der Waals surface area (Å²) in [5.41, 5.74) is -0.0643. The summed E-state index contributed by atoms with van der Waals surface area (Å²) in [6.07, 6.45) is 0. The second-order valence-corrected chi connectivity index (χ2v) is 4.58. The van der Waals surface area contributed by atoms with Gasteiger partial charge in [0.2, 0.25) is 0 Å². The minimum Gasteiger partial charge on any atom is -0.476 e. The highest BCUT2D eigenvalue weighted by Gasteiger charge is 2.12. The Hall–Kier alpha value is -1.66. The van der Waals surface area contributed by atoms with E-state index in [2.05, 4.69) is 10.5 Å². The van der Waals surface area contributed by atoms with Gasteiger partial charge in [-0.3, -0.25) is 0 Å². The molecule has 0 fully saturated rings. The first-order valence-electron chi connectivity index (χ1n) is 5.12. The summed E-state index contributed by atoms with van der Waals surface area (Å²) in [4.78, 5) is 11.8. The Bertz CT molecular complexity index is 493. The Morgan fingerprint density at radius 1 is 1.71 bits per heavy atom. The Labute approximate surface area is 102 Å². The number of carboxylic acid groups (broad SMARTS) is 1. The molecule has 5 nitrogen and oxygen atoms in total. The molecule has 0 amide bonds. The molecule has 0 unspecified atom stereocenters. The fraction of sp³-hybridized carbons (Fsp3) is 0.273. The minimum atomic E-state index is -1.08. The van der Waals surface area contributed by atoms with Gasteiger partial charge in [-0.15, -0.1) is 11.3 Å². The van der Waals surface area contributed by atoms with Gasteiger partial charge in [0.1, 0.15) is 0 Å². The topological polar surface area (TPSA) is 75.4 Å². The molecule has 0 spiro atoms. The normalized spacial score (nSPS) is 12.5. The second-order valence-electron chi connectivity index (χ2n) is 3.60. The zero-order valence-electron chi connectivity index (χ0n) is 9.21. The monoisotopic (exact) mass is 252 g/mol. The largest absolute Gasteiger partial charge is 0.476 e.